The number of anilines is 1. The smallest absolute Gasteiger partial charge is 0.235 e. The lowest BCUT2D eigenvalue weighted by atomic mass is 9.69. The van der Waals surface area contributed by atoms with E-state index in [2.05, 4.69) is 42.4 Å². The average Bonchev–Trinajstić information content (AvgIpc) is 3.42. The van der Waals surface area contributed by atoms with Crippen molar-refractivity contribution in [2.75, 3.05) is 11.1 Å². The molecule has 35 heavy (non-hydrogen) atoms. The Morgan fingerprint density at radius 2 is 2.17 bits per heavy atom. The first-order valence-electron chi connectivity index (χ1n) is 11.9. The third-order valence-corrected chi connectivity index (χ3v) is 9.47. The number of thioether (sulfide) groups is 1. The standard InChI is InChI=1S/C26H30ClN5OS2/c1-5-26(3,4)17-10-11-19-20(14-28)24(35-21(19)13-17)29-22(33)15-34-25-31-30-23(32(25)6-2)16-8-7-9-18(27)12-16/h7-9,12,17H,5-6,10-11,13,15H2,1-4H3,(H,29,33)/t17-/m0/s1. The summed E-state index contributed by atoms with van der Waals surface area (Å²) in [4.78, 5) is 14.1. The lowest BCUT2D eigenvalue weighted by Crippen LogP contribution is -2.28. The molecule has 0 spiro atoms. The SMILES string of the molecule is CCn1c(SCC(=O)Nc2sc3c(c2C#N)CC[C@H](C(C)(C)CC)C3)nnc1-c1cccc(Cl)c1. The van der Waals surface area contributed by atoms with Gasteiger partial charge >= 0.3 is 0 Å². The van der Waals surface area contributed by atoms with Gasteiger partial charge in [-0.25, -0.2) is 0 Å². The minimum absolute atomic E-state index is 0.148. The van der Waals surface area contributed by atoms with Crippen LogP contribution in [0, 0.1) is 22.7 Å². The second kappa shape index (κ2) is 10.7. The van der Waals surface area contributed by atoms with Crippen molar-refractivity contribution in [1.29, 1.82) is 5.26 Å². The van der Waals surface area contributed by atoms with Gasteiger partial charge in [0.05, 0.1) is 11.3 Å². The fourth-order valence-electron chi connectivity index (χ4n) is 4.56. The second-order valence-electron chi connectivity index (χ2n) is 9.50. The monoisotopic (exact) mass is 527 g/mol. The first-order chi connectivity index (χ1) is 16.8. The third kappa shape index (κ3) is 5.42. The van der Waals surface area contributed by atoms with Crippen LogP contribution in [-0.4, -0.2) is 26.4 Å². The number of nitrogens with zero attached hydrogens (tertiary/aromatic N) is 4. The minimum Gasteiger partial charge on any atom is -0.316 e. The second-order valence-corrected chi connectivity index (χ2v) is 12.0. The lowest BCUT2D eigenvalue weighted by molar-refractivity contribution is -0.113. The molecule has 2 heterocycles. The molecular weight excluding hydrogens is 498 g/mol. The number of halogens is 1. The topological polar surface area (TPSA) is 83.6 Å². The summed E-state index contributed by atoms with van der Waals surface area (Å²) in [7, 11) is 0. The zero-order valence-corrected chi connectivity index (χ0v) is 22.9. The molecule has 1 aliphatic rings. The van der Waals surface area contributed by atoms with Crippen LogP contribution < -0.4 is 5.32 Å². The van der Waals surface area contributed by atoms with E-state index in [9.17, 15) is 10.1 Å². The Morgan fingerprint density at radius 3 is 2.86 bits per heavy atom. The fraction of sp³-hybridized carbons (Fsp3) is 0.462. The Labute approximate surface area is 220 Å². The number of carbonyl (C=O) groups is 1. The van der Waals surface area contributed by atoms with Crippen LogP contribution in [-0.2, 0) is 24.2 Å². The first kappa shape index (κ1) is 25.7. The quantitative estimate of drug-likeness (QED) is 0.325. The van der Waals surface area contributed by atoms with E-state index in [1.54, 1.807) is 11.3 Å². The van der Waals surface area contributed by atoms with E-state index in [-0.39, 0.29) is 17.1 Å². The van der Waals surface area contributed by atoms with Crippen LogP contribution in [0.5, 0.6) is 0 Å². The van der Waals surface area contributed by atoms with Crippen LogP contribution in [0.4, 0.5) is 5.00 Å². The molecule has 0 unspecified atom stereocenters. The number of benzene rings is 1. The predicted molar refractivity (Wildman–Crippen MR) is 144 cm³/mol. The predicted octanol–water partition coefficient (Wildman–Crippen LogP) is 6.82. The first-order valence-corrected chi connectivity index (χ1v) is 14.1. The summed E-state index contributed by atoms with van der Waals surface area (Å²) in [5, 5.41) is 23.4. The number of rotatable bonds is 8. The van der Waals surface area contributed by atoms with Crippen molar-refractivity contribution in [1.82, 2.24) is 14.8 Å². The number of hydrogen-bond acceptors (Lipinski definition) is 6. The van der Waals surface area contributed by atoms with E-state index in [1.807, 2.05) is 35.8 Å². The Bertz CT molecular complexity index is 1270. The summed E-state index contributed by atoms with van der Waals surface area (Å²) in [5.41, 5.74) is 2.92. The molecule has 1 aromatic carbocycles. The molecule has 0 aliphatic heterocycles. The molecule has 0 fully saturated rings. The van der Waals surface area contributed by atoms with Gasteiger partial charge in [0.1, 0.15) is 11.1 Å². The summed E-state index contributed by atoms with van der Waals surface area (Å²) in [6, 6.07) is 9.84. The van der Waals surface area contributed by atoms with Gasteiger partial charge in [0.2, 0.25) is 5.91 Å². The minimum atomic E-state index is -0.148. The van der Waals surface area contributed by atoms with E-state index in [4.69, 9.17) is 11.6 Å². The summed E-state index contributed by atoms with van der Waals surface area (Å²) in [6.07, 6.45) is 4.10. The van der Waals surface area contributed by atoms with Gasteiger partial charge in [-0.05, 0) is 55.2 Å². The fourth-order valence-corrected chi connectivity index (χ4v) is 6.85. The van der Waals surface area contributed by atoms with Crippen molar-refractivity contribution < 1.29 is 4.79 Å². The maximum atomic E-state index is 12.8. The molecule has 3 aromatic rings. The number of amides is 1. The van der Waals surface area contributed by atoms with Crippen LogP contribution in [0.3, 0.4) is 0 Å². The molecule has 1 amide bonds. The van der Waals surface area contributed by atoms with Crippen LogP contribution in [0.15, 0.2) is 29.4 Å². The summed E-state index contributed by atoms with van der Waals surface area (Å²) < 4.78 is 1.98. The van der Waals surface area contributed by atoms with E-state index in [0.29, 0.717) is 33.2 Å². The van der Waals surface area contributed by atoms with Gasteiger partial charge in [-0.1, -0.05) is 62.7 Å². The molecule has 0 saturated heterocycles. The molecule has 0 saturated carbocycles. The van der Waals surface area contributed by atoms with Crippen molar-refractivity contribution in [3.63, 3.8) is 0 Å². The third-order valence-electron chi connectivity index (χ3n) is 7.09. The van der Waals surface area contributed by atoms with Gasteiger partial charge in [0.25, 0.3) is 0 Å². The van der Waals surface area contributed by atoms with Crippen molar-refractivity contribution in [3.05, 3.63) is 45.3 Å². The maximum Gasteiger partial charge on any atom is 0.235 e. The zero-order valence-electron chi connectivity index (χ0n) is 20.5. The van der Waals surface area contributed by atoms with E-state index in [1.165, 1.54) is 16.6 Å². The normalized spacial score (nSPS) is 15.5. The Balaban J connectivity index is 1.45. The van der Waals surface area contributed by atoms with Crippen molar-refractivity contribution in [2.45, 2.75) is 65.1 Å². The van der Waals surface area contributed by atoms with Crippen LogP contribution in [0.25, 0.3) is 11.4 Å². The highest BCUT2D eigenvalue weighted by molar-refractivity contribution is 7.99. The van der Waals surface area contributed by atoms with Crippen molar-refractivity contribution in [2.24, 2.45) is 11.3 Å². The molecule has 6 nitrogen and oxygen atoms in total. The highest BCUT2D eigenvalue weighted by Gasteiger charge is 2.34. The number of nitrogens with one attached hydrogen (secondary N) is 1. The van der Waals surface area contributed by atoms with E-state index >= 15 is 0 Å². The van der Waals surface area contributed by atoms with E-state index < -0.39 is 0 Å². The molecule has 0 radical (unpaired) electrons. The van der Waals surface area contributed by atoms with Gasteiger partial charge in [-0.15, -0.1) is 21.5 Å². The van der Waals surface area contributed by atoms with Gasteiger partial charge in [0, 0.05) is 22.0 Å². The molecular formula is C26H30ClN5OS2. The highest BCUT2D eigenvalue weighted by Crippen LogP contribution is 2.45. The van der Waals surface area contributed by atoms with E-state index in [0.717, 1.165) is 42.6 Å². The summed E-state index contributed by atoms with van der Waals surface area (Å²) >= 11 is 9.05. The van der Waals surface area contributed by atoms with Gasteiger partial charge in [-0.2, -0.15) is 5.26 Å². The zero-order chi connectivity index (χ0) is 25.2. The summed E-state index contributed by atoms with van der Waals surface area (Å²) in [6.45, 7) is 9.59. The van der Waals surface area contributed by atoms with Gasteiger partial charge in [-0.3, -0.25) is 4.79 Å². The molecule has 184 valence electrons. The lowest BCUT2D eigenvalue weighted by Gasteiger charge is -2.36. The molecule has 1 aliphatic carbocycles. The maximum absolute atomic E-state index is 12.8. The number of aromatic nitrogens is 3. The van der Waals surface area contributed by atoms with Crippen LogP contribution >= 0.6 is 34.7 Å². The number of hydrogen-bond donors (Lipinski definition) is 1. The largest absolute Gasteiger partial charge is 0.316 e. The van der Waals surface area contributed by atoms with Gasteiger partial charge in [0.15, 0.2) is 11.0 Å². The highest BCUT2D eigenvalue weighted by atomic mass is 35.5. The molecule has 9 heteroatoms. The molecule has 0 bridgehead atoms. The summed E-state index contributed by atoms with van der Waals surface area (Å²) in [5.74, 6) is 1.36. The van der Waals surface area contributed by atoms with Crippen molar-refractivity contribution >= 4 is 45.6 Å². The number of fused-ring (bicyclic) bond motifs is 1. The molecule has 4 rings (SSSR count). The molecule has 1 N–H and O–H groups in total. The molecule has 1 atom stereocenters. The number of carbonyl (C=O) groups excluding carboxylic acids is 1. The van der Waals surface area contributed by atoms with Gasteiger partial charge < -0.3 is 9.88 Å². The average molecular weight is 528 g/mol. The Morgan fingerprint density at radius 1 is 1.37 bits per heavy atom. The number of thiophene rings is 1. The number of nitriles is 1. The Kier molecular flexibility index (Phi) is 7.89. The van der Waals surface area contributed by atoms with Crippen molar-refractivity contribution in [3.8, 4) is 17.5 Å². The molecule has 2 aromatic heterocycles. The Hall–Kier alpha value is -2.34. The van der Waals surface area contributed by atoms with Crippen LogP contribution in [0.1, 0.15) is 56.5 Å². The van der Waals surface area contributed by atoms with Crippen LogP contribution in [0.2, 0.25) is 5.02 Å².